The van der Waals surface area contributed by atoms with Crippen molar-refractivity contribution < 1.29 is 19.0 Å². The fourth-order valence-electron chi connectivity index (χ4n) is 1.50. The van der Waals surface area contributed by atoms with Gasteiger partial charge in [0.05, 0.1) is 13.7 Å². The van der Waals surface area contributed by atoms with Crippen LogP contribution in [-0.4, -0.2) is 32.6 Å². The molecule has 17 heavy (non-hydrogen) atoms. The first kappa shape index (κ1) is 13.9. The van der Waals surface area contributed by atoms with E-state index in [2.05, 4.69) is 4.74 Å². The highest BCUT2D eigenvalue weighted by atomic mass is 16.7. The van der Waals surface area contributed by atoms with Crippen molar-refractivity contribution in [1.29, 1.82) is 0 Å². The van der Waals surface area contributed by atoms with E-state index < -0.39 is 0 Å². The Balaban J connectivity index is 2.19. The first-order chi connectivity index (χ1) is 8.24. The second-order valence-electron chi connectivity index (χ2n) is 3.90. The molecule has 1 saturated heterocycles. The van der Waals surface area contributed by atoms with Gasteiger partial charge in [0.1, 0.15) is 0 Å². The van der Waals surface area contributed by atoms with E-state index in [4.69, 9.17) is 9.47 Å². The van der Waals surface area contributed by atoms with Crippen LogP contribution in [0.25, 0.3) is 0 Å². The molecular formula is C13H20O4. The van der Waals surface area contributed by atoms with Crippen LogP contribution < -0.4 is 0 Å². The molecule has 1 atom stereocenters. The average Bonchev–Trinajstić information content (AvgIpc) is 2.38. The predicted molar refractivity (Wildman–Crippen MR) is 64.5 cm³/mol. The fraction of sp³-hybridized carbons (Fsp3) is 0.615. The maximum absolute atomic E-state index is 11.0. The molecule has 1 fully saturated rings. The van der Waals surface area contributed by atoms with Gasteiger partial charge in [-0.2, -0.15) is 0 Å². The van der Waals surface area contributed by atoms with E-state index in [-0.39, 0.29) is 12.3 Å². The van der Waals surface area contributed by atoms with Crippen molar-refractivity contribution in [3.05, 3.63) is 23.8 Å². The van der Waals surface area contributed by atoms with Gasteiger partial charge in [-0.25, -0.2) is 4.79 Å². The van der Waals surface area contributed by atoms with Gasteiger partial charge < -0.3 is 14.2 Å². The molecule has 0 amide bonds. The lowest BCUT2D eigenvalue weighted by Crippen LogP contribution is -2.22. The summed E-state index contributed by atoms with van der Waals surface area (Å²) in [6.45, 7) is 2.99. The minimum atomic E-state index is -0.314. The normalized spacial score (nSPS) is 21.8. The highest BCUT2D eigenvalue weighted by Crippen LogP contribution is 2.13. The Morgan fingerprint density at radius 2 is 2.29 bits per heavy atom. The Hall–Kier alpha value is -1.13. The van der Waals surface area contributed by atoms with E-state index in [0.29, 0.717) is 12.2 Å². The Bertz CT molecular complexity index is 288. The molecule has 4 heteroatoms. The summed E-state index contributed by atoms with van der Waals surface area (Å²) in [7, 11) is 1.37. The monoisotopic (exact) mass is 240 g/mol. The third-order valence-corrected chi connectivity index (χ3v) is 2.51. The lowest BCUT2D eigenvalue weighted by atomic mass is 10.2. The van der Waals surface area contributed by atoms with Gasteiger partial charge in [-0.1, -0.05) is 18.2 Å². The number of esters is 1. The van der Waals surface area contributed by atoms with Crippen LogP contribution in [0.4, 0.5) is 0 Å². The number of methoxy groups -OCH3 is 1. The zero-order valence-corrected chi connectivity index (χ0v) is 10.5. The smallest absolute Gasteiger partial charge is 0.333 e. The summed E-state index contributed by atoms with van der Waals surface area (Å²) in [6, 6.07) is 0. The Morgan fingerprint density at radius 1 is 1.47 bits per heavy atom. The molecule has 1 unspecified atom stereocenters. The fourth-order valence-corrected chi connectivity index (χ4v) is 1.50. The molecule has 0 radical (unpaired) electrons. The third kappa shape index (κ3) is 5.65. The lowest BCUT2D eigenvalue weighted by Gasteiger charge is -2.21. The number of hydrogen-bond donors (Lipinski definition) is 0. The maximum Gasteiger partial charge on any atom is 0.333 e. The van der Waals surface area contributed by atoms with Gasteiger partial charge in [0, 0.05) is 12.2 Å². The van der Waals surface area contributed by atoms with Crippen molar-refractivity contribution in [3.63, 3.8) is 0 Å². The molecular weight excluding hydrogens is 220 g/mol. The topological polar surface area (TPSA) is 44.8 Å². The summed E-state index contributed by atoms with van der Waals surface area (Å²) in [5.74, 6) is -0.314. The molecule has 0 spiro atoms. The molecule has 0 aromatic carbocycles. The molecule has 1 aliphatic heterocycles. The molecule has 0 N–H and O–H groups in total. The summed E-state index contributed by atoms with van der Waals surface area (Å²) in [5.41, 5.74) is 0.567. The molecule has 0 saturated carbocycles. The van der Waals surface area contributed by atoms with Gasteiger partial charge in [-0.05, 0) is 26.2 Å². The molecule has 0 aromatic rings. The molecule has 1 rings (SSSR count). The second-order valence-corrected chi connectivity index (χ2v) is 3.90. The van der Waals surface area contributed by atoms with Crippen LogP contribution in [-0.2, 0) is 19.0 Å². The number of rotatable bonds is 5. The van der Waals surface area contributed by atoms with Gasteiger partial charge in [-0.3, -0.25) is 0 Å². The molecule has 1 heterocycles. The van der Waals surface area contributed by atoms with E-state index >= 15 is 0 Å². The first-order valence-electron chi connectivity index (χ1n) is 5.89. The van der Waals surface area contributed by atoms with Gasteiger partial charge in [0.25, 0.3) is 0 Å². The van der Waals surface area contributed by atoms with E-state index in [1.54, 1.807) is 19.1 Å². The largest absolute Gasteiger partial charge is 0.466 e. The van der Waals surface area contributed by atoms with Crippen LogP contribution in [0.15, 0.2) is 23.8 Å². The van der Waals surface area contributed by atoms with Crippen LogP contribution in [0.1, 0.15) is 26.2 Å². The summed E-state index contributed by atoms with van der Waals surface area (Å²) in [6.07, 6.45) is 8.52. The standard InChI is InChI=1S/C13H20O4/c1-11(13(14)15-2)7-3-5-9-16-12-8-4-6-10-17-12/h3,5,7,12H,4,6,8-10H2,1-2H3/b5-3-,11-7+. The van der Waals surface area contributed by atoms with E-state index in [1.165, 1.54) is 7.11 Å². The Morgan fingerprint density at radius 3 is 2.94 bits per heavy atom. The zero-order valence-electron chi connectivity index (χ0n) is 10.5. The molecule has 4 nitrogen and oxygen atoms in total. The van der Waals surface area contributed by atoms with Gasteiger partial charge >= 0.3 is 5.97 Å². The maximum atomic E-state index is 11.0. The Kier molecular flexibility index (Phi) is 6.58. The van der Waals surface area contributed by atoms with E-state index in [0.717, 1.165) is 25.9 Å². The van der Waals surface area contributed by atoms with Crippen LogP contribution in [0.5, 0.6) is 0 Å². The zero-order chi connectivity index (χ0) is 12.5. The van der Waals surface area contributed by atoms with Crippen molar-refractivity contribution in [2.45, 2.75) is 32.5 Å². The van der Waals surface area contributed by atoms with Crippen LogP contribution >= 0.6 is 0 Å². The molecule has 0 bridgehead atoms. The van der Waals surface area contributed by atoms with E-state index in [1.807, 2.05) is 6.08 Å². The van der Waals surface area contributed by atoms with Gasteiger partial charge in [0.15, 0.2) is 6.29 Å². The first-order valence-corrected chi connectivity index (χ1v) is 5.89. The quantitative estimate of drug-likeness (QED) is 0.420. The van der Waals surface area contributed by atoms with Crippen molar-refractivity contribution in [1.82, 2.24) is 0 Å². The van der Waals surface area contributed by atoms with Crippen LogP contribution in [0.2, 0.25) is 0 Å². The van der Waals surface area contributed by atoms with Crippen molar-refractivity contribution in [2.75, 3.05) is 20.3 Å². The second kappa shape index (κ2) is 8.03. The average molecular weight is 240 g/mol. The summed E-state index contributed by atoms with van der Waals surface area (Å²) in [5, 5.41) is 0. The lowest BCUT2D eigenvalue weighted by molar-refractivity contribution is -0.155. The molecule has 1 aliphatic rings. The summed E-state index contributed by atoms with van der Waals surface area (Å²) < 4.78 is 15.5. The summed E-state index contributed by atoms with van der Waals surface area (Å²) >= 11 is 0. The van der Waals surface area contributed by atoms with Crippen molar-refractivity contribution in [3.8, 4) is 0 Å². The number of allylic oxidation sites excluding steroid dienone is 2. The number of carbonyl (C=O) groups excluding carboxylic acids is 1. The molecule has 0 aliphatic carbocycles. The number of hydrogen-bond acceptors (Lipinski definition) is 4. The number of carbonyl (C=O) groups is 1. The van der Waals surface area contributed by atoms with Gasteiger partial charge in [0.2, 0.25) is 0 Å². The highest BCUT2D eigenvalue weighted by molar-refractivity contribution is 5.87. The molecule has 96 valence electrons. The summed E-state index contributed by atoms with van der Waals surface area (Å²) in [4.78, 5) is 11.0. The van der Waals surface area contributed by atoms with Crippen LogP contribution in [0, 0.1) is 0 Å². The van der Waals surface area contributed by atoms with Crippen molar-refractivity contribution >= 4 is 5.97 Å². The SMILES string of the molecule is COC(=O)/C(C)=C/C=C\COC1CCCCO1. The number of ether oxygens (including phenoxy) is 3. The van der Waals surface area contributed by atoms with E-state index in [9.17, 15) is 4.79 Å². The minimum absolute atomic E-state index is 0.0703. The van der Waals surface area contributed by atoms with Crippen LogP contribution in [0.3, 0.4) is 0 Å². The highest BCUT2D eigenvalue weighted by Gasteiger charge is 2.12. The Labute approximate surface area is 102 Å². The predicted octanol–water partition coefficient (Wildman–Crippen LogP) is 2.21. The van der Waals surface area contributed by atoms with Crippen molar-refractivity contribution in [2.24, 2.45) is 0 Å². The minimum Gasteiger partial charge on any atom is -0.466 e. The third-order valence-electron chi connectivity index (χ3n) is 2.51. The molecule has 0 aromatic heterocycles. The van der Waals surface area contributed by atoms with Gasteiger partial charge in [-0.15, -0.1) is 0 Å².